The van der Waals surface area contributed by atoms with Gasteiger partial charge in [-0.15, -0.1) is 0 Å². The standard InChI is InChI=1S/C3H7N.CH3.ClH.Ru/c1-2-3-4;;;/h4H,1-3H2;1H3;1H;/q-2;-1;;+4/p-1. The summed E-state index contributed by atoms with van der Waals surface area (Å²) >= 11 is 1.82. The van der Waals surface area contributed by atoms with Crippen LogP contribution in [0.5, 0.6) is 0 Å². The van der Waals surface area contributed by atoms with Crippen LogP contribution >= 0.6 is 9.69 Å². The molecule has 1 N–H and O–H groups in total. The van der Waals surface area contributed by atoms with Gasteiger partial charge in [0.25, 0.3) is 0 Å². The molecule has 0 bridgehead atoms. The summed E-state index contributed by atoms with van der Waals surface area (Å²) in [5.74, 6) is 0. The Morgan fingerprint density at radius 2 is 1.71 bits per heavy atom. The van der Waals surface area contributed by atoms with Crippen molar-refractivity contribution in [3.63, 3.8) is 0 Å². The van der Waals surface area contributed by atoms with Crippen molar-refractivity contribution in [2.45, 2.75) is 6.42 Å². The van der Waals surface area contributed by atoms with E-state index in [2.05, 4.69) is 16.6 Å². The molecule has 7 heavy (non-hydrogen) atoms. The van der Waals surface area contributed by atoms with E-state index in [-0.39, 0.29) is 7.43 Å². The molecule has 0 amide bonds. The van der Waals surface area contributed by atoms with Crippen LogP contribution in [0.2, 0.25) is 0 Å². The van der Waals surface area contributed by atoms with E-state index in [1.165, 1.54) is 0 Å². The average Bonchev–Trinajstić information content (AvgIpc) is 1.72. The Balaban J connectivity index is -0.0000000480. The van der Waals surface area contributed by atoms with E-state index in [4.69, 9.17) is 5.73 Å². The van der Waals surface area contributed by atoms with Crippen LogP contribution in [-0.4, -0.2) is 6.54 Å². The quantitative estimate of drug-likeness (QED) is 0.467. The van der Waals surface area contributed by atoms with Gasteiger partial charge in [-0.05, 0) is 0 Å². The van der Waals surface area contributed by atoms with Crippen molar-refractivity contribution in [2.75, 3.05) is 6.54 Å². The Kier molecular flexibility index (Phi) is 64.3. The molecule has 0 saturated carbocycles. The van der Waals surface area contributed by atoms with E-state index in [0.29, 0.717) is 6.54 Å². The molecule has 0 aromatic carbocycles. The summed E-state index contributed by atoms with van der Waals surface area (Å²) in [6.45, 7) is 3.88. The molecule has 0 saturated heterocycles. The minimum absolute atomic E-state index is 0. The molecule has 46 valence electrons. The Morgan fingerprint density at radius 1 is 1.57 bits per heavy atom. The van der Waals surface area contributed by atoms with Gasteiger partial charge in [-0.1, -0.05) is 0 Å². The first-order chi connectivity index (χ1) is 2.91. The van der Waals surface area contributed by atoms with Gasteiger partial charge in [-0.25, -0.2) is 6.42 Å². The second kappa shape index (κ2) is 28.7. The molecule has 0 spiro atoms. The molecule has 0 rings (SSSR count). The monoisotopic (exact) mass is 209 g/mol. The van der Waals surface area contributed by atoms with Crippen molar-refractivity contribution in [3.05, 3.63) is 20.1 Å². The molecule has 0 heterocycles. The van der Waals surface area contributed by atoms with Gasteiger partial charge in [0.1, 0.15) is 0 Å². The van der Waals surface area contributed by atoms with Crippen LogP contribution in [0.25, 0.3) is 5.73 Å². The molecule has 3 heteroatoms. The van der Waals surface area contributed by atoms with E-state index < -0.39 is 0 Å². The first-order valence-electron chi connectivity index (χ1n) is 1.49. The molecular formula is C4H10ClNRu. The molecule has 0 aliphatic heterocycles. The van der Waals surface area contributed by atoms with Crippen LogP contribution in [0.3, 0.4) is 0 Å². The van der Waals surface area contributed by atoms with Crippen LogP contribution in [0.1, 0.15) is 6.42 Å². The third kappa shape index (κ3) is 46.5. The fourth-order valence-corrected chi connectivity index (χ4v) is 0. The van der Waals surface area contributed by atoms with Crippen LogP contribution < -0.4 is 0 Å². The molecule has 0 unspecified atom stereocenters. The summed E-state index contributed by atoms with van der Waals surface area (Å²) in [5, 5.41) is 0. The molecule has 0 aromatic rings. The summed E-state index contributed by atoms with van der Waals surface area (Å²) in [6.07, 6.45) is 0.736. The predicted octanol–water partition coefficient (Wildman–Crippen LogP) is 2.40. The Bertz CT molecular complexity index is 13.7. The zero-order chi connectivity index (χ0) is 5.41. The van der Waals surface area contributed by atoms with E-state index in [1.54, 1.807) is 0 Å². The number of hydrogen-bond donors (Lipinski definition) is 0. The first-order valence-corrected chi connectivity index (χ1v) is 3.73. The molecular weight excluding hydrogens is 199 g/mol. The third-order valence-electron chi connectivity index (χ3n) is 0.177. The average molecular weight is 209 g/mol. The van der Waals surface area contributed by atoms with Crippen molar-refractivity contribution in [2.24, 2.45) is 0 Å². The van der Waals surface area contributed by atoms with Gasteiger partial charge in [0.05, 0.1) is 0 Å². The maximum atomic E-state index is 6.39. The Morgan fingerprint density at radius 3 is 1.71 bits per heavy atom. The second-order valence-electron chi connectivity index (χ2n) is 0.604. The number of halogens is 1. The number of rotatable bonds is 1. The summed E-state index contributed by atoms with van der Waals surface area (Å²) in [6, 6.07) is 0. The van der Waals surface area contributed by atoms with Gasteiger partial charge < -0.3 is 20.1 Å². The third-order valence-corrected chi connectivity index (χ3v) is 0.177. The Labute approximate surface area is 60.3 Å². The van der Waals surface area contributed by atoms with E-state index in [0.717, 1.165) is 6.42 Å². The predicted molar refractivity (Wildman–Crippen MR) is 31.4 cm³/mol. The van der Waals surface area contributed by atoms with Crippen molar-refractivity contribution in [1.82, 2.24) is 0 Å². The van der Waals surface area contributed by atoms with Crippen molar-refractivity contribution < 1.29 is 17.3 Å². The first kappa shape index (κ1) is 15.7. The van der Waals surface area contributed by atoms with Crippen molar-refractivity contribution in [3.8, 4) is 0 Å². The van der Waals surface area contributed by atoms with Gasteiger partial charge in [-0.3, -0.25) is 0 Å². The van der Waals surface area contributed by atoms with Crippen LogP contribution in [-0.2, 0) is 17.3 Å². The summed E-state index contributed by atoms with van der Waals surface area (Å²) in [7, 11) is 4.57. The topological polar surface area (TPSA) is 23.8 Å². The molecule has 0 radical (unpaired) electrons. The van der Waals surface area contributed by atoms with E-state index >= 15 is 0 Å². The van der Waals surface area contributed by atoms with Crippen molar-refractivity contribution >= 4 is 9.69 Å². The minimum atomic E-state index is 0. The fraction of sp³-hybridized carbons (Fsp3) is 0.500. The summed E-state index contributed by atoms with van der Waals surface area (Å²) in [5.41, 5.74) is 6.39. The zero-order valence-electron chi connectivity index (χ0n) is 4.35. The SMILES string of the molecule is [CH2-]CC[NH-].[CH3-].[Cl][Ru+3]. The zero-order valence-corrected chi connectivity index (χ0v) is 6.85. The normalized spacial score (nSPS) is 5.00. The van der Waals surface area contributed by atoms with E-state index in [9.17, 15) is 0 Å². The van der Waals surface area contributed by atoms with Gasteiger partial charge >= 0.3 is 27.0 Å². The van der Waals surface area contributed by atoms with Gasteiger partial charge in [0.15, 0.2) is 0 Å². The second-order valence-corrected chi connectivity index (χ2v) is 0.604. The van der Waals surface area contributed by atoms with Crippen LogP contribution in [0, 0.1) is 14.4 Å². The summed E-state index contributed by atoms with van der Waals surface area (Å²) < 4.78 is 0. The maximum absolute atomic E-state index is 6.39. The molecule has 0 aromatic heterocycles. The van der Waals surface area contributed by atoms with Gasteiger partial charge in [-0.2, -0.15) is 6.54 Å². The number of nitrogens with one attached hydrogen (secondary N) is 1. The molecule has 0 aliphatic rings. The number of hydrogen-bond acceptors (Lipinski definition) is 0. The molecule has 1 nitrogen and oxygen atoms in total. The van der Waals surface area contributed by atoms with Gasteiger partial charge in [0.2, 0.25) is 0 Å². The van der Waals surface area contributed by atoms with Crippen molar-refractivity contribution in [1.29, 1.82) is 0 Å². The van der Waals surface area contributed by atoms with E-state index in [1.807, 2.05) is 17.3 Å². The molecule has 0 atom stereocenters. The summed E-state index contributed by atoms with van der Waals surface area (Å²) in [4.78, 5) is 0. The molecule has 0 fully saturated rings. The Hall–Kier alpha value is 0.873. The van der Waals surface area contributed by atoms with Crippen LogP contribution in [0.4, 0.5) is 0 Å². The molecule has 0 aliphatic carbocycles. The van der Waals surface area contributed by atoms with Gasteiger partial charge in [0, 0.05) is 0 Å². The fourth-order valence-electron chi connectivity index (χ4n) is 0. The van der Waals surface area contributed by atoms with Crippen LogP contribution in [0.15, 0.2) is 0 Å².